The van der Waals surface area contributed by atoms with Crippen molar-refractivity contribution in [2.24, 2.45) is 5.92 Å². The van der Waals surface area contributed by atoms with E-state index in [1.807, 2.05) is 0 Å². The summed E-state index contributed by atoms with van der Waals surface area (Å²) in [5, 5.41) is 0. The molecule has 0 spiro atoms. The molecule has 0 aliphatic heterocycles. The Morgan fingerprint density at radius 2 is 1.40 bits per heavy atom. The van der Waals surface area contributed by atoms with Gasteiger partial charge in [0.05, 0.1) is 0 Å². The van der Waals surface area contributed by atoms with Gasteiger partial charge >= 0.3 is 0 Å². The Balaban J connectivity index is 2.96. The molecule has 0 radical (unpaired) electrons. The van der Waals surface area contributed by atoms with Crippen LogP contribution in [0.2, 0.25) is 0 Å². The minimum atomic E-state index is -1.58. The molecule has 0 aliphatic carbocycles. The van der Waals surface area contributed by atoms with Crippen molar-refractivity contribution in [1.82, 2.24) is 0 Å². The predicted molar refractivity (Wildman–Crippen MR) is 67.4 cm³/mol. The lowest BCUT2D eigenvalue weighted by atomic mass is 10.0. The second-order valence-corrected chi connectivity index (χ2v) is 5.73. The Morgan fingerprint density at radius 1 is 0.933 bits per heavy atom. The summed E-state index contributed by atoms with van der Waals surface area (Å²) in [5.41, 5.74) is 0. The fraction of sp³-hybridized carbons (Fsp3) is 1.00. The topological polar surface area (TPSA) is 37.3 Å². The fourth-order valence-electron chi connectivity index (χ4n) is 1.66. The predicted octanol–water partition coefficient (Wildman–Crippen LogP) is 3.98. The van der Waals surface area contributed by atoms with Gasteiger partial charge in [-0.1, -0.05) is 58.8 Å². The van der Waals surface area contributed by atoms with Crippen molar-refractivity contribution in [2.45, 2.75) is 65.2 Å². The molecule has 92 valence electrons. The van der Waals surface area contributed by atoms with E-state index < -0.39 is 11.1 Å². The van der Waals surface area contributed by atoms with Crippen LogP contribution in [-0.4, -0.2) is 14.5 Å². The molecule has 0 rings (SSSR count). The summed E-state index contributed by atoms with van der Waals surface area (Å²) in [7, 11) is 0. The van der Waals surface area contributed by atoms with Gasteiger partial charge in [-0.15, -0.1) is 0 Å². The van der Waals surface area contributed by atoms with Crippen LogP contribution < -0.4 is 0 Å². The largest absolute Gasteiger partial charge is 0.306 e. The first-order valence-electron chi connectivity index (χ1n) is 6.20. The molecular weight excluding hydrogens is 208 g/mol. The average Bonchev–Trinajstić information content (AvgIpc) is 2.14. The van der Waals surface area contributed by atoms with Crippen molar-refractivity contribution in [3.05, 3.63) is 0 Å². The monoisotopic (exact) mass is 234 g/mol. The van der Waals surface area contributed by atoms with Gasteiger partial charge in [-0.2, -0.15) is 0 Å². The molecule has 2 nitrogen and oxygen atoms in total. The van der Waals surface area contributed by atoms with E-state index in [2.05, 4.69) is 13.8 Å². The highest BCUT2D eigenvalue weighted by atomic mass is 32.2. The summed E-state index contributed by atoms with van der Waals surface area (Å²) in [6, 6.07) is 0. The van der Waals surface area contributed by atoms with Crippen LogP contribution >= 0.6 is 0 Å². The van der Waals surface area contributed by atoms with Gasteiger partial charge in [-0.25, -0.2) is 4.21 Å². The maximum Gasteiger partial charge on any atom is 0.152 e. The smallest absolute Gasteiger partial charge is 0.152 e. The van der Waals surface area contributed by atoms with E-state index in [9.17, 15) is 4.21 Å². The summed E-state index contributed by atoms with van der Waals surface area (Å²) in [6.45, 7) is 4.55. The molecule has 0 bridgehead atoms. The van der Waals surface area contributed by atoms with Crippen molar-refractivity contribution in [3.63, 3.8) is 0 Å². The number of hydrogen-bond acceptors (Lipinski definition) is 1. The summed E-state index contributed by atoms with van der Waals surface area (Å²) >= 11 is -1.58. The van der Waals surface area contributed by atoms with Crippen LogP contribution in [0.25, 0.3) is 0 Å². The van der Waals surface area contributed by atoms with E-state index in [4.69, 9.17) is 4.55 Å². The van der Waals surface area contributed by atoms with Crippen molar-refractivity contribution in [1.29, 1.82) is 0 Å². The lowest BCUT2D eigenvalue weighted by molar-refractivity contribution is 0.510. The number of hydrogen-bond donors (Lipinski definition) is 1. The van der Waals surface area contributed by atoms with E-state index in [0.717, 1.165) is 18.8 Å². The maximum atomic E-state index is 10.3. The Morgan fingerprint density at radius 3 is 1.87 bits per heavy atom. The molecule has 1 unspecified atom stereocenters. The van der Waals surface area contributed by atoms with Gasteiger partial charge in [-0.3, -0.25) is 0 Å². The fourth-order valence-corrected chi connectivity index (χ4v) is 2.11. The van der Waals surface area contributed by atoms with Gasteiger partial charge < -0.3 is 4.55 Å². The third-order valence-corrected chi connectivity index (χ3v) is 3.24. The molecule has 0 fully saturated rings. The summed E-state index contributed by atoms with van der Waals surface area (Å²) < 4.78 is 18.9. The second-order valence-electron chi connectivity index (χ2n) is 4.68. The van der Waals surface area contributed by atoms with Crippen molar-refractivity contribution < 1.29 is 8.76 Å². The molecule has 0 aliphatic rings. The SMILES string of the molecule is CC(C)CCCCCCCCCS(=O)O. The van der Waals surface area contributed by atoms with Crippen molar-refractivity contribution in [3.8, 4) is 0 Å². The Kier molecular flexibility index (Phi) is 10.7. The third-order valence-electron chi connectivity index (χ3n) is 2.60. The summed E-state index contributed by atoms with van der Waals surface area (Å²) in [4.78, 5) is 0. The molecule has 0 aromatic heterocycles. The molecule has 0 saturated carbocycles. The number of rotatable bonds is 10. The van der Waals surface area contributed by atoms with E-state index in [0.29, 0.717) is 5.75 Å². The highest BCUT2D eigenvalue weighted by molar-refractivity contribution is 7.79. The Bertz CT molecular complexity index is 158. The molecule has 0 amide bonds. The molecule has 0 heterocycles. The molecular formula is C12H26O2S. The van der Waals surface area contributed by atoms with Crippen LogP contribution in [-0.2, 0) is 11.1 Å². The standard InChI is InChI=1S/C12H26O2S/c1-12(2)10-8-6-4-3-5-7-9-11-15(13)14/h12H,3-11H2,1-2H3,(H,13,14). The Labute approximate surface area is 97.1 Å². The molecule has 3 heteroatoms. The molecule has 0 aromatic rings. The zero-order valence-corrected chi connectivity index (χ0v) is 11.0. The summed E-state index contributed by atoms with van der Waals surface area (Å²) in [6.07, 6.45) is 9.90. The molecule has 1 atom stereocenters. The molecule has 0 aromatic carbocycles. The van der Waals surface area contributed by atoms with Crippen LogP contribution in [0, 0.1) is 5.92 Å². The normalized spacial score (nSPS) is 13.3. The lowest BCUT2D eigenvalue weighted by Gasteiger charge is -2.04. The zero-order valence-electron chi connectivity index (χ0n) is 10.2. The van der Waals surface area contributed by atoms with Crippen molar-refractivity contribution >= 4 is 11.1 Å². The van der Waals surface area contributed by atoms with Gasteiger partial charge in [0.15, 0.2) is 11.1 Å². The van der Waals surface area contributed by atoms with Crippen LogP contribution in [0.1, 0.15) is 65.2 Å². The second kappa shape index (κ2) is 10.6. The van der Waals surface area contributed by atoms with Gasteiger partial charge in [-0.05, 0) is 12.3 Å². The molecule has 0 saturated heterocycles. The molecule has 1 N–H and O–H groups in total. The lowest BCUT2D eigenvalue weighted by Crippen LogP contribution is -1.94. The van der Waals surface area contributed by atoms with E-state index in [-0.39, 0.29) is 0 Å². The summed E-state index contributed by atoms with van der Waals surface area (Å²) in [5.74, 6) is 1.29. The number of unbranched alkanes of at least 4 members (excludes halogenated alkanes) is 6. The first kappa shape index (κ1) is 15.1. The van der Waals surface area contributed by atoms with Gasteiger partial charge in [0.1, 0.15) is 0 Å². The van der Waals surface area contributed by atoms with E-state index in [1.165, 1.54) is 38.5 Å². The van der Waals surface area contributed by atoms with Crippen LogP contribution in [0.5, 0.6) is 0 Å². The highest BCUT2D eigenvalue weighted by Gasteiger charge is 1.96. The first-order chi connectivity index (χ1) is 7.13. The minimum Gasteiger partial charge on any atom is -0.306 e. The zero-order chi connectivity index (χ0) is 11.5. The van der Waals surface area contributed by atoms with Gasteiger partial charge in [0.25, 0.3) is 0 Å². The van der Waals surface area contributed by atoms with Gasteiger partial charge in [0, 0.05) is 5.75 Å². The average molecular weight is 234 g/mol. The van der Waals surface area contributed by atoms with E-state index >= 15 is 0 Å². The van der Waals surface area contributed by atoms with Crippen LogP contribution in [0.15, 0.2) is 0 Å². The quantitative estimate of drug-likeness (QED) is 0.458. The van der Waals surface area contributed by atoms with Crippen LogP contribution in [0.3, 0.4) is 0 Å². The molecule has 15 heavy (non-hydrogen) atoms. The highest BCUT2D eigenvalue weighted by Crippen LogP contribution is 2.11. The first-order valence-corrected chi connectivity index (χ1v) is 7.48. The van der Waals surface area contributed by atoms with Crippen molar-refractivity contribution in [2.75, 3.05) is 5.75 Å². The third kappa shape index (κ3) is 14.1. The van der Waals surface area contributed by atoms with E-state index in [1.54, 1.807) is 0 Å². The van der Waals surface area contributed by atoms with Gasteiger partial charge in [0.2, 0.25) is 0 Å². The minimum absolute atomic E-state index is 0.452. The Hall–Kier alpha value is 0.110. The van der Waals surface area contributed by atoms with Crippen LogP contribution in [0.4, 0.5) is 0 Å². The maximum absolute atomic E-state index is 10.3.